The Morgan fingerprint density at radius 1 is 1.40 bits per heavy atom. The summed E-state index contributed by atoms with van der Waals surface area (Å²) in [6, 6.07) is 4.61. The van der Waals surface area contributed by atoms with Crippen LogP contribution >= 0.6 is 34.7 Å². The summed E-state index contributed by atoms with van der Waals surface area (Å²) in [5.74, 6) is 3.16. The molecule has 0 saturated carbocycles. The minimum absolute atomic E-state index is 0.157. The van der Waals surface area contributed by atoms with Crippen LogP contribution in [0.25, 0.3) is 0 Å². The highest BCUT2D eigenvalue weighted by atomic mass is 35.5. The lowest BCUT2D eigenvalue weighted by molar-refractivity contribution is -0.107. The summed E-state index contributed by atoms with van der Waals surface area (Å²) in [6.45, 7) is 0.909. The lowest BCUT2D eigenvalue weighted by Crippen LogP contribution is -2.45. The molecule has 2 saturated heterocycles. The predicted molar refractivity (Wildman–Crippen MR) is 89.1 cm³/mol. The Morgan fingerprint density at radius 3 is 2.85 bits per heavy atom. The van der Waals surface area contributed by atoms with Crippen LogP contribution in [0.2, 0.25) is 4.34 Å². The number of hydrogen-bond acceptors (Lipinski definition) is 4. The lowest BCUT2D eigenvalue weighted by Gasteiger charge is -2.45. The van der Waals surface area contributed by atoms with Crippen molar-refractivity contribution < 1.29 is 4.74 Å². The summed E-state index contributed by atoms with van der Waals surface area (Å²) in [7, 11) is 2.07. The minimum Gasteiger partial charge on any atom is -0.375 e. The fourth-order valence-electron chi connectivity index (χ4n) is 3.55. The molecule has 1 aromatic heterocycles. The van der Waals surface area contributed by atoms with E-state index in [1.54, 1.807) is 11.3 Å². The second kappa shape index (κ2) is 6.57. The number of halogens is 1. The van der Waals surface area contributed by atoms with E-state index in [1.807, 2.05) is 6.07 Å². The SMILES string of the molecule is CNC(c1ccc(Cl)s1)C1CCOC2(CCSCC2)C1. The third-order valence-corrected chi connectivity index (χ3v) is 6.92. The molecule has 3 heterocycles. The van der Waals surface area contributed by atoms with Crippen molar-refractivity contribution in [3.05, 3.63) is 21.3 Å². The Labute approximate surface area is 134 Å². The van der Waals surface area contributed by atoms with Crippen molar-refractivity contribution in [3.63, 3.8) is 0 Å². The maximum atomic E-state index is 6.21. The molecule has 3 rings (SSSR count). The van der Waals surface area contributed by atoms with Crippen molar-refractivity contribution in [2.45, 2.75) is 37.3 Å². The van der Waals surface area contributed by atoms with Gasteiger partial charge in [-0.05, 0) is 62.3 Å². The molecule has 5 heteroatoms. The molecule has 2 aliphatic heterocycles. The second-order valence-corrected chi connectivity index (χ2v) is 8.78. The lowest BCUT2D eigenvalue weighted by atomic mass is 9.78. The molecule has 2 atom stereocenters. The Hall–Kier alpha value is 0.260. The van der Waals surface area contributed by atoms with Crippen LogP contribution in [-0.4, -0.2) is 30.8 Å². The molecule has 2 fully saturated rings. The zero-order chi connectivity index (χ0) is 14.0. The average molecular weight is 332 g/mol. The third-order valence-electron chi connectivity index (χ3n) is 4.62. The highest BCUT2D eigenvalue weighted by Gasteiger charge is 2.41. The van der Waals surface area contributed by atoms with Crippen molar-refractivity contribution in [2.24, 2.45) is 5.92 Å². The van der Waals surface area contributed by atoms with E-state index in [0.717, 1.165) is 17.4 Å². The summed E-state index contributed by atoms with van der Waals surface area (Å²) in [4.78, 5) is 1.37. The van der Waals surface area contributed by atoms with Crippen molar-refractivity contribution in [1.82, 2.24) is 5.32 Å². The molecule has 1 spiro atoms. The first-order valence-electron chi connectivity index (χ1n) is 7.37. The monoisotopic (exact) mass is 331 g/mol. The smallest absolute Gasteiger partial charge is 0.0931 e. The van der Waals surface area contributed by atoms with E-state index in [9.17, 15) is 0 Å². The maximum absolute atomic E-state index is 6.21. The minimum atomic E-state index is 0.157. The van der Waals surface area contributed by atoms with E-state index in [-0.39, 0.29) is 5.60 Å². The molecule has 0 bridgehead atoms. The third kappa shape index (κ3) is 3.20. The Balaban J connectivity index is 1.74. The van der Waals surface area contributed by atoms with Gasteiger partial charge in [0.2, 0.25) is 0 Å². The normalized spacial score (nSPS) is 27.6. The van der Waals surface area contributed by atoms with Gasteiger partial charge in [-0.15, -0.1) is 11.3 Å². The van der Waals surface area contributed by atoms with Crippen LogP contribution in [-0.2, 0) is 4.74 Å². The first-order chi connectivity index (χ1) is 9.72. The van der Waals surface area contributed by atoms with Crippen LogP contribution in [0.5, 0.6) is 0 Å². The number of rotatable bonds is 3. The molecular formula is C15H22ClNOS2. The molecule has 1 N–H and O–H groups in total. The molecular weight excluding hydrogens is 310 g/mol. The summed E-state index contributed by atoms with van der Waals surface area (Å²) >= 11 is 9.88. The summed E-state index contributed by atoms with van der Waals surface area (Å²) in [5, 5.41) is 3.51. The summed E-state index contributed by atoms with van der Waals surface area (Å²) < 4.78 is 7.09. The standard InChI is InChI=1S/C15H22ClNOS2/c1-17-14(12-2-3-13(16)20-12)11-4-7-18-15(10-11)5-8-19-9-6-15/h2-3,11,14,17H,4-10H2,1H3. The van der Waals surface area contributed by atoms with Gasteiger partial charge in [0.15, 0.2) is 0 Å². The van der Waals surface area contributed by atoms with Crippen LogP contribution in [0.15, 0.2) is 12.1 Å². The number of thioether (sulfide) groups is 1. The largest absolute Gasteiger partial charge is 0.375 e. The van der Waals surface area contributed by atoms with Gasteiger partial charge in [-0.25, -0.2) is 0 Å². The van der Waals surface area contributed by atoms with Crippen LogP contribution in [0.3, 0.4) is 0 Å². The summed E-state index contributed by atoms with van der Waals surface area (Å²) in [5.41, 5.74) is 0.157. The van der Waals surface area contributed by atoms with Crippen molar-refractivity contribution >= 4 is 34.7 Å². The maximum Gasteiger partial charge on any atom is 0.0931 e. The highest BCUT2D eigenvalue weighted by Crippen LogP contribution is 2.44. The van der Waals surface area contributed by atoms with Crippen LogP contribution in [0.4, 0.5) is 0 Å². The molecule has 112 valence electrons. The van der Waals surface area contributed by atoms with Crippen LogP contribution in [0.1, 0.15) is 36.6 Å². The molecule has 0 aliphatic carbocycles. The zero-order valence-corrected chi connectivity index (χ0v) is 14.3. The van der Waals surface area contributed by atoms with Gasteiger partial charge in [0.05, 0.1) is 9.94 Å². The topological polar surface area (TPSA) is 21.3 Å². The van der Waals surface area contributed by atoms with E-state index in [4.69, 9.17) is 16.3 Å². The van der Waals surface area contributed by atoms with Gasteiger partial charge in [0, 0.05) is 17.5 Å². The van der Waals surface area contributed by atoms with Crippen molar-refractivity contribution in [2.75, 3.05) is 25.2 Å². The molecule has 2 unspecified atom stereocenters. The van der Waals surface area contributed by atoms with E-state index < -0.39 is 0 Å². The first-order valence-corrected chi connectivity index (χ1v) is 9.72. The number of ether oxygens (including phenoxy) is 1. The second-order valence-electron chi connectivity index (χ2n) is 5.80. The molecule has 0 aromatic carbocycles. The van der Waals surface area contributed by atoms with Gasteiger partial charge >= 0.3 is 0 Å². The highest BCUT2D eigenvalue weighted by molar-refractivity contribution is 7.99. The van der Waals surface area contributed by atoms with Gasteiger partial charge in [-0.3, -0.25) is 0 Å². The molecule has 2 nitrogen and oxygen atoms in total. The Bertz CT molecular complexity index is 439. The average Bonchev–Trinajstić information content (AvgIpc) is 2.87. The fraction of sp³-hybridized carbons (Fsp3) is 0.733. The van der Waals surface area contributed by atoms with Gasteiger partial charge in [0.1, 0.15) is 0 Å². The molecule has 2 aliphatic rings. The van der Waals surface area contributed by atoms with Gasteiger partial charge in [-0.2, -0.15) is 11.8 Å². The van der Waals surface area contributed by atoms with Crippen LogP contribution in [0, 0.1) is 5.92 Å². The number of hydrogen-bond donors (Lipinski definition) is 1. The predicted octanol–water partition coefficient (Wildman–Crippen LogP) is 4.35. The number of thiophene rings is 1. The molecule has 20 heavy (non-hydrogen) atoms. The van der Waals surface area contributed by atoms with Gasteiger partial charge in [0.25, 0.3) is 0 Å². The van der Waals surface area contributed by atoms with Gasteiger partial charge in [-0.1, -0.05) is 11.6 Å². The first kappa shape index (κ1) is 15.2. The van der Waals surface area contributed by atoms with E-state index in [2.05, 4.69) is 30.2 Å². The van der Waals surface area contributed by atoms with E-state index in [1.165, 1.54) is 35.6 Å². The van der Waals surface area contributed by atoms with E-state index in [0.29, 0.717) is 12.0 Å². The quantitative estimate of drug-likeness (QED) is 0.889. The van der Waals surface area contributed by atoms with Gasteiger partial charge < -0.3 is 10.1 Å². The zero-order valence-electron chi connectivity index (χ0n) is 11.9. The molecule has 1 aromatic rings. The van der Waals surface area contributed by atoms with Crippen molar-refractivity contribution in [3.8, 4) is 0 Å². The molecule has 0 radical (unpaired) electrons. The Kier molecular flexibility index (Phi) is 4.98. The summed E-state index contributed by atoms with van der Waals surface area (Å²) in [6.07, 6.45) is 4.77. The van der Waals surface area contributed by atoms with Crippen molar-refractivity contribution in [1.29, 1.82) is 0 Å². The molecule has 0 amide bonds. The Morgan fingerprint density at radius 2 is 2.20 bits per heavy atom. The number of nitrogens with one attached hydrogen (secondary N) is 1. The van der Waals surface area contributed by atoms with E-state index >= 15 is 0 Å². The van der Waals surface area contributed by atoms with Crippen LogP contribution < -0.4 is 5.32 Å². The fourth-order valence-corrected chi connectivity index (χ4v) is 6.05.